The fraction of sp³-hybridized carbons (Fsp3) is 0.833. The van der Waals surface area contributed by atoms with E-state index in [1.165, 1.54) is 4.90 Å². The quantitative estimate of drug-likeness (QED) is 0.756. The average molecular weight is 275 g/mol. The first-order valence-corrected chi connectivity index (χ1v) is 6.51. The number of nitrogens with zero attached hydrogens (tertiary/aromatic N) is 1. The zero-order valence-corrected chi connectivity index (χ0v) is 12.1. The minimum Gasteiger partial charge on any atom is -0.480 e. The van der Waals surface area contributed by atoms with Gasteiger partial charge in [-0.05, 0) is 27.7 Å². The molecule has 1 aliphatic heterocycles. The number of likely N-dealkylation sites (tertiary alicyclic amines) is 1. The highest BCUT2D eigenvalue weighted by Gasteiger charge is 2.40. The van der Waals surface area contributed by atoms with E-state index < -0.39 is 23.7 Å². The van der Waals surface area contributed by atoms with Crippen molar-refractivity contribution in [2.45, 2.75) is 57.1 Å². The maximum atomic E-state index is 11.8. The average Bonchev–Trinajstić information content (AvgIpc) is 2.41. The number of rotatable bonds is 4. The highest BCUT2D eigenvalue weighted by atomic mass is 32.1. The van der Waals surface area contributed by atoms with E-state index in [4.69, 9.17) is 4.74 Å². The molecule has 0 aromatic heterocycles. The number of amides is 1. The van der Waals surface area contributed by atoms with E-state index in [1.54, 1.807) is 6.92 Å². The summed E-state index contributed by atoms with van der Waals surface area (Å²) in [4.78, 5) is 24.5. The standard InChI is InChI=1S/C12H21NO4S/c1-7(17-12(2,3)4)10(11(15)16)13-6-8(18)5-9(13)14/h7-8,10,18H,5-6H2,1-4H3,(H,15,16)/t7-,8?,10+/m0/s1. The first kappa shape index (κ1) is 15.3. The van der Waals surface area contributed by atoms with Crippen LogP contribution in [0.4, 0.5) is 0 Å². The van der Waals surface area contributed by atoms with Crippen LogP contribution in [0.2, 0.25) is 0 Å². The number of carbonyl (C=O) groups excluding carboxylic acids is 1. The lowest BCUT2D eigenvalue weighted by Gasteiger charge is -2.33. The van der Waals surface area contributed by atoms with Crippen molar-refractivity contribution in [1.82, 2.24) is 4.90 Å². The van der Waals surface area contributed by atoms with Crippen molar-refractivity contribution >= 4 is 24.5 Å². The summed E-state index contributed by atoms with van der Waals surface area (Å²) in [5, 5.41) is 9.21. The number of carboxylic acid groups (broad SMARTS) is 1. The van der Waals surface area contributed by atoms with Gasteiger partial charge in [-0.15, -0.1) is 0 Å². The summed E-state index contributed by atoms with van der Waals surface area (Å²) in [6, 6.07) is -0.950. The molecular weight excluding hydrogens is 254 g/mol. The smallest absolute Gasteiger partial charge is 0.329 e. The number of carbonyl (C=O) groups is 2. The summed E-state index contributed by atoms with van der Waals surface area (Å²) in [5.74, 6) is -1.21. The van der Waals surface area contributed by atoms with Gasteiger partial charge in [0.15, 0.2) is 6.04 Å². The number of carboxylic acids is 1. The summed E-state index contributed by atoms with van der Waals surface area (Å²) >= 11 is 4.23. The zero-order valence-electron chi connectivity index (χ0n) is 11.2. The Balaban J connectivity index is 2.83. The van der Waals surface area contributed by atoms with Gasteiger partial charge in [0, 0.05) is 18.2 Å². The van der Waals surface area contributed by atoms with Gasteiger partial charge in [-0.3, -0.25) is 4.79 Å². The molecule has 18 heavy (non-hydrogen) atoms. The van der Waals surface area contributed by atoms with Crippen LogP contribution in [0.1, 0.15) is 34.1 Å². The van der Waals surface area contributed by atoms with Gasteiger partial charge in [-0.2, -0.15) is 12.6 Å². The van der Waals surface area contributed by atoms with Crippen molar-refractivity contribution in [1.29, 1.82) is 0 Å². The monoisotopic (exact) mass is 275 g/mol. The Morgan fingerprint density at radius 1 is 1.56 bits per heavy atom. The molecule has 1 amide bonds. The van der Waals surface area contributed by atoms with Crippen molar-refractivity contribution in [2.75, 3.05) is 6.54 Å². The Hall–Kier alpha value is -0.750. The third-order valence-corrected chi connectivity index (χ3v) is 3.06. The lowest BCUT2D eigenvalue weighted by molar-refractivity contribution is -0.160. The molecule has 1 unspecified atom stereocenters. The van der Waals surface area contributed by atoms with Crippen LogP contribution in [0.15, 0.2) is 0 Å². The molecule has 1 heterocycles. The Morgan fingerprint density at radius 3 is 2.44 bits per heavy atom. The lowest BCUT2D eigenvalue weighted by atomic mass is 10.1. The van der Waals surface area contributed by atoms with Gasteiger partial charge in [0.25, 0.3) is 0 Å². The van der Waals surface area contributed by atoms with E-state index in [-0.39, 0.29) is 17.6 Å². The second-order valence-electron chi connectivity index (χ2n) is 5.62. The number of hydrogen-bond donors (Lipinski definition) is 2. The number of hydrogen-bond acceptors (Lipinski definition) is 4. The molecule has 0 spiro atoms. The van der Waals surface area contributed by atoms with Crippen molar-refractivity contribution in [3.05, 3.63) is 0 Å². The molecule has 1 rings (SSSR count). The van der Waals surface area contributed by atoms with E-state index in [9.17, 15) is 14.7 Å². The maximum absolute atomic E-state index is 11.8. The number of ether oxygens (including phenoxy) is 1. The number of thiol groups is 1. The van der Waals surface area contributed by atoms with Crippen molar-refractivity contribution in [2.24, 2.45) is 0 Å². The largest absolute Gasteiger partial charge is 0.480 e. The fourth-order valence-electron chi connectivity index (χ4n) is 2.19. The van der Waals surface area contributed by atoms with Crippen LogP contribution in [-0.4, -0.2) is 51.4 Å². The van der Waals surface area contributed by atoms with Crippen LogP contribution in [0.5, 0.6) is 0 Å². The third kappa shape index (κ3) is 3.88. The Labute approximate surface area is 113 Å². The van der Waals surface area contributed by atoms with Gasteiger partial charge in [-0.1, -0.05) is 0 Å². The highest BCUT2D eigenvalue weighted by molar-refractivity contribution is 7.81. The molecule has 0 aromatic rings. The molecule has 1 saturated heterocycles. The summed E-state index contributed by atoms with van der Waals surface area (Å²) in [6.07, 6.45) is -0.278. The normalized spacial score (nSPS) is 24.2. The minimum absolute atomic E-state index is 0.0961. The molecule has 0 aliphatic carbocycles. The first-order valence-electron chi connectivity index (χ1n) is 6.00. The van der Waals surface area contributed by atoms with Gasteiger partial charge in [0.1, 0.15) is 0 Å². The molecule has 1 fully saturated rings. The second-order valence-corrected chi connectivity index (χ2v) is 6.35. The molecular formula is C12H21NO4S. The van der Waals surface area contributed by atoms with Crippen LogP contribution < -0.4 is 0 Å². The van der Waals surface area contributed by atoms with E-state index in [1.807, 2.05) is 20.8 Å². The molecule has 1 N–H and O–H groups in total. The van der Waals surface area contributed by atoms with Crippen molar-refractivity contribution in [3.63, 3.8) is 0 Å². The van der Waals surface area contributed by atoms with Gasteiger partial charge in [0.2, 0.25) is 5.91 Å². The summed E-state index contributed by atoms with van der Waals surface area (Å²) in [5.41, 5.74) is -0.448. The first-order chi connectivity index (χ1) is 8.11. The predicted molar refractivity (Wildman–Crippen MR) is 70.8 cm³/mol. The molecule has 1 aliphatic rings. The lowest BCUT2D eigenvalue weighted by Crippen LogP contribution is -2.51. The van der Waals surface area contributed by atoms with E-state index >= 15 is 0 Å². The maximum Gasteiger partial charge on any atom is 0.329 e. The van der Waals surface area contributed by atoms with Gasteiger partial charge in [0.05, 0.1) is 11.7 Å². The molecule has 0 bridgehead atoms. The Morgan fingerprint density at radius 2 is 2.11 bits per heavy atom. The van der Waals surface area contributed by atoms with Crippen LogP contribution in [0, 0.1) is 0 Å². The predicted octanol–water partition coefficient (Wildman–Crippen LogP) is 1.17. The van der Waals surface area contributed by atoms with Crippen LogP contribution in [0.25, 0.3) is 0 Å². The molecule has 3 atom stereocenters. The van der Waals surface area contributed by atoms with Crippen LogP contribution >= 0.6 is 12.6 Å². The zero-order chi connectivity index (χ0) is 14.1. The van der Waals surface area contributed by atoms with Crippen LogP contribution in [0.3, 0.4) is 0 Å². The number of aliphatic carboxylic acids is 1. The fourth-order valence-corrected chi connectivity index (χ4v) is 2.52. The molecule has 5 nitrogen and oxygen atoms in total. The van der Waals surface area contributed by atoms with Crippen molar-refractivity contribution in [3.8, 4) is 0 Å². The third-order valence-electron chi connectivity index (χ3n) is 2.71. The summed E-state index contributed by atoms with van der Waals surface area (Å²) in [6.45, 7) is 7.61. The second kappa shape index (κ2) is 5.48. The molecule has 0 radical (unpaired) electrons. The molecule has 6 heteroatoms. The molecule has 0 aromatic carbocycles. The van der Waals surface area contributed by atoms with E-state index in [0.717, 1.165) is 0 Å². The van der Waals surface area contributed by atoms with E-state index in [0.29, 0.717) is 6.54 Å². The Bertz CT molecular complexity index is 339. The molecule has 0 saturated carbocycles. The highest BCUT2D eigenvalue weighted by Crippen LogP contribution is 2.23. The van der Waals surface area contributed by atoms with Gasteiger partial charge in [-0.25, -0.2) is 4.79 Å². The topological polar surface area (TPSA) is 66.8 Å². The van der Waals surface area contributed by atoms with Gasteiger partial charge >= 0.3 is 5.97 Å². The van der Waals surface area contributed by atoms with Crippen molar-refractivity contribution < 1.29 is 19.4 Å². The van der Waals surface area contributed by atoms with E-state index in [2.05, 4.69) is 12.6 Å². The summed E-state index contributed by atoms with van der Waals surface area (Å²) in [7, 11) is 0. The minimum atomic E-state index is -1.04. The Kier molecular flexibility index (Phi) is 4.66. The van der Waals surface area contributed by atoms with Gasteiger partial charge < -0.3 is 14.7 Å². The van der Waals surface area contributed by atoms with Crippen LogP contribution in [-0.2, 0) is 14.3 Å². The SMILES string of the molecule is C[C@H](OC(C)(C)C)[C@H](C(=O)O)N1CC(S)CC1=O. The summed E-state index contributed by atoms with van der Waals surface area (Å²) < 4.78 is 5.66. The molecule has 104 valence electrons.